The summed E-state index contributed by atoms with van der Waals surface area (Å²) in [6, 6.07) is 17.9. The van der Waals surface area contributed by atoms with Gasteiger partial charge in [0.1, 0.15) is 18.3 Å². The monoisotopic (exact) mass is 601 g/mol. The number of nitrogens with zero attached hydrogens (tertiary/aromatic N) is 7. The van der Waals surface area contributed by atoms with Gasteiger partial charge in [0.2, 0.25) is 0 Å². The van der Waals surface area contributed by atoms with Crippen molar-refractivity contribution in [1.82, 2.24) is 24.8 Å². The third kappa shape index (κ3) is 5.86. The molecule has 2 aliphatic rings. The van der Waals surface area contributed by atoms with Crippen molar-refractivity contribution in [3.63, 3.8) is 0 Å². The fourth-order valence-electron chi connectivity index (χ4n) is 6.15. The summed E-state index contributed by atoms with van der Waals surface area (Å²) < 4.78 is 20.1. The first-order chi connectivity index (χ1) is 20.8. The highest BCUT2D eigenvalue weighted by Gasteiger charge is 2.34. The van der Waals surface area contributed by atoms with E-state index in [0.29, 0.717) is 48.4 Å². The maximum Gasteiger partial charge on any atom is 0.320 e. The second-order valence-corrected chi connectivity index (χ2v) is 11.6. The smallest absolute Gasteiger partial charge is 0.320 e. The molecule has 2 aliphatic heterocycles. The van der Waals surface area contributed by atoms with Gasteiger partial charge in [0.05, 0.1) is 23.6 Å². The van der Waals surface area contributed by atoms with E-state index in [1.165, 1.54) is 0 Å². The van der Waals surface area contributed by atoms with E-state index in [1.807, 2.05) is 53.4 Å². The summed E-state index contributed by atoms with van der Waals surface area (Å²) in [7, 11) is 2.09. The number of piperazine rings is 1. The number of fused-ring (bicyclic) bond motifs is 2. The molecule has 2 aromatic carbocycles. The van der Waals surface area contributed by atoms with Crippen LogP contribution in [0.4, 0.5) is 10.2 Å². The third-order valence-corrected chi connectivity index (χ3v) is 8.79. The number of aromatic nitrogens is 3. The summed E-state index contributed by atoms with van der Waals surface area (Å²) in [5.74, 6) is -0.229. The summed E-state index contributed by atoms with van der Waals surface area (Å²) in [4.78, 5) is 20.4. The number of hydrogen-bond acceptors (Lipinski definition) is 9. The van der Waals surface area contributed by atoms with Gasteiger partial charge < -0.3 is 19.6 Å². The summed E-state index contributed by atoms with van der Waals surface area (Å²) in [5, 5.41) is 23.2. The number of benzene rings is 2. The number of halogens is 2. The van der Waals surface area contributed by atoms with E-state index in [4.69, 9.17) is 31.3 Å². The summed E-state index contributed by atoms with van der Waals surface area (Å²) in [6.45, 7) is 5.83. The Morgan fingerprint density at radius 2 is 1.95 bits per heavy atom. The van der Waals surface area contributed by atoms with Crippen LogP contribution in [0.2, 0.25) is 5.02 Å². The molecular weight excluding hydrogens is 569 g/mol. The standard InChI is InChI=1S/C32H33ClFN7O2/c1-20(34)31(42)41-17-16-40(18-22(41)13-14-35)30-25-11-12-27(24-9-3-6-21-7-4-10-26(33)28(21)24)36-29(25)37-32(38-30)43-19-23-8-5-15-39(23)2/h3-4,6-7,9-12,22-23,31,42H,1,5,8,13,15-19H2,2H3/t22?,23-,31?/m1/s1. The number of nitriles is 1. The van der Waals surface area contributed by atoms with Crippen molar-refractivity contribution in [2.24, 2.45) is 0 Å². The quantitative estimate of drug-likeness (QED) is 0.293. The number of ether oxygens (including phenoxy) is 1. The van der Waals surface area contributed by atoms with E-state index < -0.39 is 18.1 Å². The number of anilines is 1. The molecule has 3 atom stereocenters. The minimum absolute atomic E-state index is 0.103. The number of hydrogen-bond donors (Lipinski definition) is 1. The number of aliphatic hydroxyl groups excluding tert-OH is 1. The Balaban J connectivity index is 1.41. The minimum atomic E-state index is -1.47. The fourth-order valence-corrected chi connectivity index (χ4v) is 6.43. The molecule has 2 aromatic heterocycles. The van der Waals surface area contributed by atoms with Crippen molar-refractivity contribution in [2.45, 2.75) is 37.6 Å². The van der Waals surface area contributed by atoms with E-state index in [2.05, 4.69) is 24.6 Å². The Morgan fingerprint density at radius 3 is 2.70 bits per heavy atom. The van der Waals surface area contributed by atoms with Crippen LogP contribution in [0, 0.1) is 11.3 Å². The largest absolute Gasteiger partial charge is 0.462 e. The molecular formula is C32H33ClFN7O2. The lowest BCUT2D eigenvalue weighted by atomic mass is 10.0. The second-order valence-electron chi connectivity index (χ2n) is 11.1. The average molecular weight is 602 g/mol. The molecule has 4 heterocycles. The predicted molar refractivity (Wildman–Crippen MR) is 166 cm³/mol. The van der Waals surface area contributed by atoms with Crippen molar-refractivity contribution in [1.29, 1.82) is 5.26 Å². The van der Waals surface area contributed by atoms with E-state index >= 15 is 0 Å². The van der Waals surface area contributed by atoms with Gasteiger partial charge in [-0.05, 0) is 50.0 Å². The number of likely N-dealkylation sites (tertiary alicyclic amines) is 1. The molecule has 1 N–H and O–H groups in total. The summed E-state index contributed by atoms with van der Waals surface area (Å²) >= 11 is 6.63. The third-order valence-electron chi connectivity index (χ3n) is 8.47. The zero-order valence-corrected chi connectivity index (χ0v) is 24.7. The van der Waals surface area contributed by atoms with Gasteiger partial charge in [-0.2, -0.15) is 15.2 Å². The first kappa shape index (κ1) is 29.2. The molecule has 2 fully saturated rings. The highest BCUT2D eigenvalue weighted by Crippen LogP contribution is 2.35. The first-order valence-electron chi connectivity index (χ1n) is 14.4. The molecule has 0 bridgehead atoms. The number of rotatable bonds is 8. The zero-order valence-electron chi connectivity index (χ0n) is 24.0. The number of aliphatic hydroxyl groups is 1. The van der Waals surface area contributed by atoms with Crippen molar-refractivity contribution in [3.8, 4) is 23.3 Å². The molecule has 0 aliphatic carbocycles. The molecule has 0 radical (unpaired) electrons. The Hall–Kier alpha value is -3.88. The van der Waals surface area contributed by atoms with Crippen LogP contribution in [-0.2, 0) is 0 Å². The molecule has 4 aromatic rings. The van der Waals surface area contributed by atoms with Crippen LogP contribution in [0.3, 0.4) is 0 Å². The van der Waals surface area contributed by atoms with E-state index in [9.17, 15) is 14.8 Å². The summed E-state index contributed by atoms with van der Waals surface area (Å²) in [6.07, 6.45) is 0.794. The molecule has 0 spiro atoms. The molecule has 2 unspecified atom stereocenters. The Morgan fingerprint density at radius 1 is 1.14 bits per heavy atom. The highest BCUT2D eigenvalue weighted by atomic mass is 35.5. The number of likely N-dealkylation sites (N-methyl/N-ethyl adjacent to an activating group) is 1. The van der Waals surface area contributed by atoms with Gasteiger partial charge in [-0.25, -0.2) is 9.37 Å². The van der Waals surface area contributed by atoms with Gasteiger partial charge in [-0.1, -0.05) is 48.5 Å². The zero-order chi connectivity index (χ0) is 30.1. The van der Waals surface area contributed by atoms with Gasteiger partial charge >= 0.3 is 6.01 Å². The van der Waals surface area contributed by atoms with Gasteiger partial charge in [-0.15, -0.1) is 0 Å². The maximum atomic E-state index is 13.9. The van der Waals surface area contributed by atoms with Crippen LogP contribution in [0.15, 0.2) is 60.9 Å². The fraction of sp³-hybridized carbons (Fsp3) is 0.375. The van der Waals surface area contributed by atoms with Crippen molar-refractivity contribution in [3.05, 3.63) is 66.0 Å². The van der Waals surface area contributed by atoms with E-state index in [0.717, 1.165) is 41.1 Å². The SMILES string of the molecule is C=C(F)C(O)N1CCN(c2nc(OC[C@H]3CCCN3C)nc3nc(-c4cccc5cccc(Cl)c45)ccc23)CC1CC#N. The van der Waals surface area contributed by atoms with Gasteiger partial charge in [0.15, 0.2) is 11.9 Å². The molecule has 9 nitrogen and oxygen atoms in total. The molecule has 6 rings (SSSR count). The average Bonchev–Trinajstić information content (AvgIpc) is 3.43. The van der Waals surface area contributed by atoms with Crippen molar-refractivity contribution >= 4 is 39.2 Å². The lowest BCUT2D eigenvalue weighted by molar-refractivity contribution is -0.0167. The molecule has 0 saturated carbocycles. The van der Waals surface area contributed by atoms with Crippen molar-refractivity contribution < 1.29 is 14.2 Å². The maximum absolute atomic E-state index is 13.9. The van der Waals surface area contributed by atoms with Crippen LogP contribution < -0.4 is 9.64 Å². The van der Waals surface area contributed by atoms with E-state index in [-0.39, 0.29) is 18.5 Å². The molecule has 0 amide bonds. The van der Waals surface area contributed by atoms with Gasteiger partial charge in [0, 0.05) is 47.7 Å². The van der Waals surface area contributed by atoms with Gasteiger partial charge in [-0.3, -0.25) is 4.90 Å². The minimum Gasteiger partial charge on any atom is -0.462 e. The van der Waals surface area contributed by atoms with Crippen LogP contribution in [0.5, 0.6) is 6.01 Å². The van der Waals surface area contributed by atoms with Gasteiger partial charge in [0.25, 0.3) is 0 Å². The Kier molecular flexibility index (Phi) is 8.41. The van der Waals surface area contributed by atoms with Crippen molar-refractivity contribution in [2.75, 3.05) is 44.7 Å². The molecule has 222 valence electrons. The highest BCUT2D eigenvalue weighted by molar-refractivity contribution is 6.36. The van der Waals surface area contributed by atoms with E-state index in [1.54, 1.807) is 4.90 Å². The lowest BCUT2D eigenvalue weighted by Crippen LogP contribution is -2.57. The summed E-state index contributed by atoms with van der Waals surface area (Å²) in [5.41, 5.74) is 2.08. The lowest BCUT2D eigenvalue weighted by Gasteiger charge is -2.42. The normalized spacial score (nSPS) is 20.4. The Bertz CT molecular complexity index is 1710. The van der Waals surface area contributed by atoms with Crippen LogP contribution in [0.25, 0.3) is 33.1 Å². The molecule has 11 heteroatoms. The second kappa shape index (κ2) is 12.4. The molecule has 43 heavy (non-hydrogen) atoms. The topological polar surface area (TPSA) is 102 Å². The van der Waals surface area contributed by atoms with Crippen LogP contribution >= 0.6 is 11.6 Å². The predicted octanol–water partition coefficient (Wildman–Crippen LogP) is 5.18. The van der Waals surface area contributed by atoms with Crippen LogP contribution in [0.1, 0.15) is 19.3 Å². The van der Waals surface area contributed by atoms with Crippen LogP contribution in [-0.4, -0.2) is 88.0 Å². The Labute approximate surface area is 254 Å². The molecule has 2 saturated heterocycles. The first-order valence-corrected chi connectivity index (χ1v) is 14.8. The number of pyridine rings is 1.